The van der Waals surface area contributed by atoms with Crippen LogP contribution in [-0.4, -0.2) is 25.1 Å². The Morgan fingerprint density at radius 3 is 2.43 bits per heavy atom. The van der Waals surface area contributed by atoms with E-state index in [1.807, 2.05) is 0 Å². The molecule has 1 heterocycles. The topological polar surface area (TPSA) is 60.5 Å². The molecule has 0 atom stereocenters. The number of halogens is 2. The largest absolute Gasteiger partial charge is 0.493 e. The molecule has 0 saturated carbocycles. The number of pyridine rings is 1. The summed E-state index contributed by atoms with van der Waals surface area (Å²) in [5.74, 6) is -1.81. The van der Waals surface area contributed by atoms with Gasteiger partial charge in [-0.3, -0.25) is 4.79 Å². The molecule has 1 amide bonds. The van der Waals surface area contributed by atoms with Gasteiger partial charge < -0.3 is 14.8 Å². The molecule has 1 N–H and O–H groups in total. The number of ether oxygens (including phenoxy) is 2. The van der Waals surface area contributed by atoms with Crippen LogP contribution in [0.3, 0.4) is 0 Å². The fourth-order valence-corrected chi connectivity index (χ4v) is 1.68. The number of aromatic nitrogens is 1. The first kappa shape index (κ1) is 14.7. The van der Waals surface area contributed by atoms with Gasteiger partial charge in [-0.1, -0.05) is 0 Å². The zero-order valence-electron chi connectivity index (χ0n) is 11.3. The van der Waals surface area contributed by atoms with Crippen LogP contribution < -0.4 is 14.8 Å². The number of rotatable bonds is 4. The second-order valence-electron chi connectivity index (χ2n) is 4.00. The molecule has 21 heavy (non-hydrogen) atoms. The second kappa shape index (κ2) is 6.17. The van der Waals surface area contributed by atoms with E-state index in [1.54, 1.807) is 6.07 Å². The summed E-state index contributed by atoms with van der Waals surface area (Å²) in [5.41, 5.74) is 0.0209. The van der Waals surface area contributed by atoms with Gasteiger partial charge in [0.15, 0.2) is 11.5 Å². The number of carbonyl (C=O) groups excluding carboxylic acids is 1. The van der Waals surface area contributed by atoms with Gasteiger partial charge in [0.1, 0.15) is 0 Å². The number of anilines is 1. The second-order valence-corrected chi connectivity index (χ2v) is 4.00. The summed E-state index contributed by atoms with van der Waals surface area (Å²) in [5, 5.41) is 2.30. The minimum atomic E-state index is -1.09. The molecule has 0 aliphatic carbocycles. The highest BCUT2D eigenvalue weighted by Gasteiger charge is 2.13. The van der Waals surface area contributed by atoms with Gasteiger partial charge in [-0.2, -0.15) is 13.8 Å². The molecule has 2 aromatic rings. The summed E-state index contributed by atoms with van der Waals surface area (Å²) < 4.78 is 36.2. The molecular formula is C14H12F2N2O3. The molecule has 0 fully saturated rings. The Labute approximate surface area is 119 Å². The molecule has 7 heteroatoms. The van der Waals surface area contributed by atoms with Crippen molar-refractivity contribution in [2.45, 2.75) is 0 Å². The molecule has 0 aliphatic rings. The Balaban J connectivity index is 2.24. The van der Waals surface area contributed by atoms with E-state index in [0.29, 0.717) is 11.5 Å². The molecule has 2 rings (SSSR count). The summed E-state index contributed by atoms with van der Waals surface area (Å²) in [6, 6.07) is 6.53. The molecule has 1 aromatic heterocycles. The van der Waals surface area contributed by atoms with Crippen LogP contribution in [0.4, 0.5) is 14.5 Å². The highest BCUT2D eigenvalue weighted by atomic mass is 19.1. The number of nitrogens with one attached hydrogen (secondary N) is 1. The Kier molecular flexibility index (Phi) is 4.32. The van der Waals surface area contributed by atoms with E-state index < -0.39 is 17.8 Å². The van der Waals surface area contributed by atoms with Crippen LogP contribution in [0.2, 0.25) is 0 Å². The van der Waals surface area contributed by atoms with Crippen LogP contribution in [0.15, 0.2) is 30.3 Å². The number of hydrogen-bond donors (Lipinski definition) is 1. The van der Waals surface area contributed by atoms with Crippen LogP contribution >= 0.6 is 0 Å². The third kappa shape index (κ3) is 3.25. The van der Waals surface area contributed by atoms with Crippen LogP contribution in [0.5, 0.6) is 11.5 Å². The van der Waals surface area contributed by atoms with Gasteiger partial charge in [0.05, 0.1) is 19.9 Å². The Morgan fingerprint density at radius 2 is 1.81 bits per heavy atom. The number of methoxy groups -OCH3 is 2. The number of benzene rings is 1. The molecule has 0 bridgehead atoms. The summed E-state index contributed by atoms with van der Waals surface area (Å²) in [4.78, 5) is 15.0. The maximum absolute atomic E-state index is 13.4. The quantitative estimate of drug-likeness (QED) is 0.881. The van der Waals surface area contributed by atoms with Crippen molar-refractivity contribution in [2.24, 2.45) is 0 Å². The maximum Gasteiger partial charge on any atom is 0.255 e. The van der Waals surface area contributed by atoms with Gasteiger partial charge in [-0.15, -0.1) is 0 Å². The predicted octanol–water partition coefficient (Wildman–Crippen LogP) is 2.63. The lowest BCUT2D eigenvalue weighted by Crippen LogP contribution is -2.14. The standard InChI is InChI=1S/C14H12F2N2O3/c1-20-10-5-3-8(7-11(10)21-2)14(19)17-9-4-6-12(15)18-13(9)16/h3-7H,1-2H3,(H,17,19). The molecule has 0 aliphatic heterocycles. The van der Waals surface area contributed by atoms with E-state index in [9.17, 15) is 13.6 Å². The average Bonchev–Trinajstić information content (AvgIpc) is 2.49. The van der Waals surface area contributed by atoms with Crippen molar-refractivity contribution in [3.63, 3.8) is 0 Å². The monoisotopic (exact) mass is 294 g/mol. The lowest BCUT2D eigenvalue weighted by Gasteiger charge is -2.10. The first-order valence-electron chi connectivity index (χ1n) is 5.90. The minimum Gasteiger partial charge on any atom is -0.493 e. The number of carbonyl (C=O) groups is 1. The van der Waals surface area contributed by atoms with Gasteiger partial charge >= 0.3 is 0 Å². The van der Waals surface area contributed by atoms with Gasteiger partial charge in [-0.25, -0.2) is 0 Å². The van der Waals surface area contributed by atoms with Crippen molar-refractivity contribution in [1.29, 1.82) is 0 Å². The molecule has 1 aromatic carbocycles. The molecular weight excluding hydrogens is 282 g/mol. The van der Waals surface area contributed by atoms with Gasteiger partial charge in [0.25, 0.3) is 5.91 Å². The lowest BCUT2D eigenvalue weighted by atomic mass is 10.2. The van der Waals surface area contributed by atoms with Crippen LogP contribution in [-0.2, 0) is 0 Å². The Morgan fingerprint density at radius 1 is 1.10 bits per heavy atom. The van der Waals surface area contributed by atoms with E-state index in [2.05, 4.69) is 10.3 Å². The first-order valence-corrected chi connectivity index (χ1v) is 5.90. The van der Waals surface area contributed by atoms with Crippen LogP contribution in [0, 0.1) is 11.9 Å². The number of amides is 1. The maximum atomic E-state index is 13.4. The third-order valence-corrected chi connectivity index (χ3v) is 2.71. The fourth-order valence-electron chi connectivity index (χ4n) is 1.68. The van der Waals surface area contributed by atoms with E-state index in [0.717, 1.165) is 12.1 Å². The van der Waals surface area contributed by atoms with Crippen LogP contribution in [0.25, 0.3) is 0 Å². The fraction of sp³-hybridized carbons (Fsp3) is 0.143. The average molecular weight is 294 g/mol. The van der Waals surface area contributed by atoms with E-state index in [1.165, 1.54) is 26.4 Å². The highest BCUT2D eigenvalue weighted by Crippen LogP contribution is 2.28. The summed E-state index contributed by atoms with van der Waals surface area (Å²) in [7, 11) is 2.90. The normalized spacial score (nSPS) is 10.1. The molecule has 110 valence electrons. The van der Waals surface area contributed by atoms with Crippen molar-refractivity contribution in [1.82, 2.24) is 4.98 Å². The summed E-state index contributed by atoms with van der Waals surface area (Å²) >= 11 is 0. The SMILES string of the molecule is COc1ccc(C(=O)Nc2ccc(F)nc2F)cc1OC. The molecule has 5 nitrogen and oxygen atoms in total. The van der Waals surface area contributed by atoms with E-state index in [-0.39, 0.29) is 11.3 Å². The van der Waals surface area contributed by atoms with Gasteiger partial charge in [-0.05, 0) is 30.3 Å². The summed E-state index contributed by atoms with van der Waals surface area (Å²) in [6.45, 7) is 0. The number of nitrogens with zero attached hydrogens (tertiary/aromatic N) is 1. The minimum absolute atomic E-state index is 0.212. The van der Waals surface area contributed by atoms with Crippen LogP contribution in [0.1, 0.15) is 10.4 Å². The highest BCUT2D eigenvalue weighted by molar-refractivity contribution is 6.04. The predicted molar refractivity (Wildman–Crippen MR) is 71.7 cm³/mol. The lowest BCUT2D eigenvalue weighted by molar-refractivity contribution is 0.102. The third-order valence-electron chi connectivity index (χ3n) is 2.71. The zero-order valence-corrected chi connectivity index (χ0v) is 11.3. The van der Waals surface area contributed by atoms with Gasteiger partial charge in [0, 0.05) is 5.56 Å². The molecule has 0 radical (unpaired) electrons. The Bertz CT molecular complexity index is 677. The molecule has 0 unspecified atom stereocenters. The van der Waals surface area contributed by atoms with E-state index in [4.69, 9.17) is 9.47 Å². The van der Waals surface area contributed by atoms with Gasteiger partial charge in [0.2, 0.25) is 11.9 Å². The summed E-state index contributed by atoms with van der Waals surface area (Å²) in [6.07, 6.45) is 0. The van der Waals surface area contributed by atoms with E-state index >= 15 is 0 Å². The van der Waals surface area contributed by atoms with Crippen molar-refractivity contribution >= 4 is 11.6 Å². The zero-order chi connectivity index (χ0) is 15.4. The van der Waals surface area contributed by atoms with Crippen molar-refractivity contribution in [3.8, 4) is 11.5 Å². The smallest absolute Gasteiger partial charge is 0.255 e. The Hall–Kier alpha value is -2.70. The van der Waals surface area contributed by atoms with Crippen molar-refractivity contribution in [2.75, 3.05) is 19.5 Å². The number of hydrogen-bond acceptors (Lipinski definition) is 4. The molecule has 0 saturated heterocycles. The molecule has 0 spiro atoms. The van der Waals surface area contributed by atoms with Crippen molar-refractivity contribution < 1.29 is 23.0 Å². The first-order chi connectivity index (χ1) is 10.0. The van der Waals surface area contributed by atoms with Crippen molar-refractivity contribution in [3.05, 3.63) is 47.8 Å².